The number of nitrogens with zero attached hydrogens (tertiary/aromatic N) is 2. The average molecular weight is 492 g/mol. The van der Waals surface area contributed by atoms with Crippen molar-refractivity contribution in [1.29, 1.82) is 0 Å². The molecule has 0 bridgehead atoms. The van der Waals surface area contributed by atoms with E-state index in [0.717, 1.165) is 15.5 Å². The van der Waals surface area contributed by atoms with E-state index in [9.17, 15) is 4.79 Å². The first-order valence-corrected chi connectivity index (χ1v) is 9.91. The highest BCUT2D eigenvalue weighted by molar-refractivity contribution is 9.10. The van der Waals surface area contributed by atoms with E-state index in [0.29, 0.717) is 28.1 Å². The van der Waals surface area contributed by atoms with Gasteiger partial charge in [-0.2, -0.15) is 0 Å². The van der Waals surface area contributed by atoms with Gasteiger partial charge in [0, 0.05) is 33.0 Å². The van der Waals surface area contributed by atoms with Crippen LogP contribution in [0, 0.1) is 0 Å². The second kappa shape index (κ2) is 8.96. The zero-order valence-corrected chi connectivity index (χ0v) is 17.5. The Kier molecular flexibility index (Phi) is 6.41. The smallest absolute Gasteiger partial charge is 0.248 e. The van der Waals surface area contributed by atoms with Crippen LogP contribution < -0.4 is 15.4 Å². The van der Waals surface area contributed by atoms with Gasteiger partial charge < -0.3 is 15.4 Å². The van der Waals surface area contributed by atoms with E-state index in [1.165, 1.54) is 12.4 Å². The van der Waals surface area contributed by atoms with Gasteiger partial charge in [0.05, 0.1) is 18.3 Å². The molecule has 0 saturated heterocycles. The number of ether oxygens (including phenoxy) is 1. The number of methoxy groups -OCH3 is 1. The summed E-state index contributed by atoms with van der Waals surface area (Å²) in [5.41, 5.74) is 2.13. The molecule has 1 heterocycles. The van der Waals surface area contributed by atoms with Gasteiger partial charge in [-0.3, -0.25) is 4.79 Å². The Balaban J connectivity index is 2.01. The number of hydrogen-bond acceptors (Lipinski definition) is 5. The van der Waals surface area contributed by atoms with Crippen LogP contribution in [0.5, 0.6) is 5.75 Å². The Morgan fingerprint density at radius 2 is 2.11 bits per heavy atom. The van der Waals surface area contributed by atoms with Crippen LogP contribution in [0.2, 0.25) is 0 Å². The molecule has 0 atom stereocenters. The largest absolute Gasteiger partial charge is 0.494 e. The highest BCUT2D eigenvalue weighted by Gasteiger charge is 2.12. The van der Waals surface area contributed by atoms with Gasteiger partial charge in [-0.1, -0.05) is 44.0 Å². The van der Waals surface area contributed by atoms with Crippen LogP contribution in [0.3, 0.4) is 0 Å². The summed E-state index contributed by atoms with van der Waals surface area (Å²) in [4.78, 5) is 20.7. The predicted molar refractivity (Wildman–Crippen MR) is 115 cm³/mol. The molecular formula is C19H16Br2N4O2. The second-order valence-corrected chi connectivity index (χ2v) is 7.04. The maximum Gasteiger partial charge on any atom is 0.248 e. The fourth-order valence-corrected chi connectivity index (χ4v) is 3.07. The molecule has 138 valence electrons. The lowest BCUT2D eigenvalue weighted by molar-refractivity contribution is -0.111. The van der Waals surface area contributed by atoms with Gasteiger partial charge in [-0.15, -0.1) is 0 Å². The number of fused-ring (bicyclic) bond motifs is 1. The zero-order chi connectivity index (χ0) is 19.2. The van der Waals surface area contributed by atoms with Crippen molar-refractivity contribution in [3.8, 4) is 5.75 Å². The fraction of sp³-hybridized carbons (Fsp3) is 0.105. The summed E-state index contributed by atoms with van der Waals surface area (Å²) in [6.45, 7) is 0. The molecule has 8 heteroatoms. The molecule has 27 heavy (non-hydrogen) atoms. The minimum atomic E-state index is -0.245. The van der Waals surface area contributed by atoms with Crippen LogP contribution >= 0.6 is 31.9 Å². The molecule has 6 nitrogen and oxygen atoms in total. The summed E-state index contributed by atoms with van der Waals surface area (Å²) in [6.07, 6.45) is 4.66. The van der Waals surface area contributed by atoms with Crippen LogP contribution in [0.25, 0.3) is 10.9 Å². The maximum atomic E-state index is 12.1. The number of nitrogens with one attached hydrogen (secondary N) is 2. The molecule has 0 unspecified atom stereocenters. The zero-order valence-electron chi connectivity index (χ0n) is 14.4. The Morgan fingerprint density at radius 3 is 2.85 bits per heavy atom. The minimum Gasteiger partial charge on any atom is -0.494 e. The Morgan fingerprint density at radius 1 is 1.26 bits per heavy atom. The fourth-order valence-electron chi connectivity index (χ4n) is 2.48. The molecule has 2 N–H and O–H groups in total. The Hall–Kier alpha value is -2.45. The first kappa shape index (κ1) is 19.3. The van der Waals surface area contributed by atoms with Gasteiger partial charge in [0.15, 0.2) is 0 Å². The SMILES string of the molecule is COc1cc2ncnc(Nc3cccc(Br)c3)c2cc1NC(=O)C=CCBr. The number of aromatic nitrogens is 2. The van der Waals surface area contributed by atoms with Gasteiger partial charge in [0.25, 0.3) is 0 Å². The number of anilines is 3. The van der Waals surface area contributed by atoms with Crippen LogP contribution in [-0.2, 0) is 4.79 Å². The molecule has 0 radical (unpaired) electrons. The summed E-state index contributed by atoms with van der Waals surface area (Å²) < 4.78 is 6.36. The van der Waals surface area contributed by atoms with Gasteiger partial charge >= 0.3 is 0 Å². The number of amides is 1. The third-order valence-corrected chi connectivity index (χ3v) is 4.53. The monoisotopic (exact) mass is 490 g/mol. The topological polar surface area (TPSA) is 76.1 Å². The number of benzene rings is 2. The number of carbonyl (C=O) groups excluding carboxylic acids is 1. The quantitative estimate of drug-likeness (QED) is 0.373. The number of hydrogen-bond donors (Lipinski definition) is 2. The highest BCUT2D eigenvalue weighted by Crippen LogP contribution is 2.33. The molecular weight excluding hydrogens is 476 g/mol. The predicted octanol–water partition coefficient (Wildman–Crippen LogP) is 5.03. The van der Waals surface area contributed by atoms with E-state index in [-0.39, 0.29) is 5.91 Å². The van der Waals surface area contributed by atoms with E-state index in [1.807, 2.05) is 24.3 Å². The minimum absolute atomic E-state index is 0.245. The van der Waals surface area contributed by atoms with E-state index in [1.54, 1.807) is 25.3 Å². The molecule has 1 aromatic heterocycles. The van der Waals surface area contributed by atoms with E-state index < -0.39 is 0 Å². The molecule has 0 aliphatic carbocycles. The van der Waals surface area contributed by atoms with Crippen molar-refractivity contribution in [2.24, 2.45) is 0 Å². The molecule has 0 aliphatic rings. The Bertz CT molecular complexity index is 1010. The van der Waals surface area contributed by atoms with Crippen LogP contribution in [-0.4, -0.2) is 28.3 Å². The average Bonchev–Trinajstić information content (AvgIpc) is 2.66. The van der Waals surface area contributed by atoms with Crippen molar-refractivity contribution in [1.82, 2.24) is 9.97 Å². The second-order valence-electron chi connectivity index (χ2n) is 5.47. The van der Waals surface area contributed by atoms with E-state index >= 15 is 0 Å². The first-order valence-electron chi connectivity index (χ1n) is 7.99. The molecule has 2 aromatic carbocycles. The van der Waals surface area contributed by atoms with Crippen molar-refractivity contribution >= 4 is 65.9 Å². The molecule has 0 saturated carbocycles. The summed E-state index contributed by atoms with van der Waals surface area (Å²) >= 11 is 6.71. The van der Waals surface area contributed by atoms with Crippen molar-refractivity contribution < 1.29 is 9.53 Å². The molecule has 0 aliphatic heterocycles. The first-order chi connectivity index (χ1) is 13.1. The molecule has 1 amide bonds. The van der Waals surface area contributed by atoms with Crippen molar-refractivity contribution in [3.05, 3.63) is 59.4 Å². The van der Waals surface area contributed by atoms with Gasteiger partial charge in [0.2, 0.25) is 5.91 Å². The number of allylic oxidation sites excluding steroid dienone is 1. The lowest BCUT2D eigenvalue weighted by atomic mass is 10.2. The van der Waals surface area contributed by atoms with Crippen molar-refractivity contribution in [3.63, 3.8) is 0 Å². The summed E-state index contributed by atoms with van der Waals surface area (Å²) in [6, 6.07) is 11.3. The molecule has 0 fully saturated rings. The van der Waals surface area contributed by atoms with E-state index in [2.05, 4.69) is 52.5 Å². The highest BCUT2D eigenvalue weighted by atomic mass is 79.9. The van der Waals surface area contributed by atoms with Crippen LogP contribution in [0.15, 0.2) is 59.4 Å². The Labute approximate surface area is 173 Å². The normalized spacial score (nSPS) is 10.9. The van der Waals surface area contributed by atoms with Gasteiger partial charge in [0.1, 0.15) is 17.9 Å². The standard InChI is InChI=1S/C19H16Br2N4O2/c1-27-17-10-15-14(9-16(17)25-18(26)6-3-7-20)19(23-11-22-15)24-13-5-2-4-12(21)8-13/h2-6,8-11H,7H2,1H3,(H,25,26)(H,22,23,24). The maximum absolute atomic E-state index is 12.1. The van der Waals surface area contributed by atoms with Gasteiger partial charge in [-0.05, 0) is 24.3 Å². The van der Waals surface area contributed by atoms with Crippen molar-refractivity contribution in [2.75, 3.05) is 23.1 Å². The third kappa shape index (κ3) is 4.84. The molecule has 0 spiro atoms. The van der Waals surface area contributed by atoms with E-state index in [4.69, 9.17) is 4.74 Å². The molecule has 3 aromatic rings. The van der Waals surface area contributed by atoms with Crippen LogP contribution in [0.1, 0.15) is 0 Å². The number of rotatable bonds is 6. The number of alkyl halides is 1. The summed E-state index contributed by atoms with van der Waals surface area (Å²) in [5, 5.41) is 7.47. The summed E-state index contributed by atoms with van der Waals surface area (Å²) in [7, 11) is 1.55. The lowest BCUT2D eigenvalue weighted by Gasteiger charge is -2.13. The lowest BCUT2D eigenvalue weighted by Crippen LogP contribution is -2.09. The summed E-state index contributed by atoms with van der Waals surface area (Å²) in [5.74, 6) is 0.910. The van der Waals surface area contributed by atoms with Gasteiger partial charge in [-0.25, -0.2) is 9.97 Å². The van der Waals surface area contributed by atoms with Crippen molar-refractivity contribution in [2.45, 2.75) is 0 Å². The molecule has 3 rings (SSSR count). The number of carbonyl (C=O) groups is 1. The number of halogens is 2. The third-order valence-electron chi connectivity index (χ3n) is 3.66. The van der Waals surface area contributed by atoms with Crippen LogP contribution in [0.4, 0.5) is 17.2 Å².